The molecule has 4 aromatic rings. The zero-order valence-corrected chi connectivity index (χ0v) is 24.3. The number of hydrogen-bond acceptors (Lipinski definition) is 5. The minimum Gasteiger partial charge on any atom is -0.456 e. The number of carbonyl (C=O) groups excluding carboxylic acids is 1. The first kappa shape index (κ1) is 27.2. The van der Waals surface area contributed by atoms with Crippen LogP contribution in [0.2, 0.25) is 5.02 Å². The van der Waals surface area contributed by atoms with E-state index in [-0.39, 0.29) is 5.97 Å². The number of nitrogens with zero attached hydrogens (tertiary/aromatic N) is 1. The quantitative estimate of drug-likeness (QED) is 0.194. The van der Waals surface area contributed by atoms with Crippen molar-refractivity contribution in [3.63, 3.8) is 0 Å². The molecule has 1 N–H and O–H groups in total. The van der Waals surface area contributed by atoms with E-state index in [4.69, 9.17) is 21.1 Å². The molecule has 0 saturated carbocycles. The van der Waals surface area contributed by atoms with E-state index in [1.165, 1.54) is 0 Å². The largest absolute Gasteiger partial charge is 0.456 e. The van der Waals surface area contributed by atoms with Crippen molar-refractivity contribution in [2.24, 2.45) is 0 Å². The number of carbonyl (C=O) groups is 1. The molecule has 2 heterocycles. The summed E-state index contributed by atoms with van der Waals surface area (Å²) in [6.45, 7) is 6.99. The number of ether oxygens (including phenoxy) is 2. The summed E-state index contributed by atoms with van der Waals surface area (Å²) in [6.07, 6.45) is 4.53. The van der Waals surface area contributed by atoms with Gasteiger partial charge < -0.3 is 19.7 Å². The smallest absolute Gasteiger partial charge is 0.340 e. The number of anilines is 2. The summed E-state index contributed by atoms with van der Waals surface area (Å²) in [4.78, 5) is 15.7. The topological polar surface area (TPSA) is 50.8 Å². The Morgan fingerprint density at radius 3 is 2.34 bits per heavy atom. The molecule has 0 saturated heterocycles. The summed E-state index contributed by atoms with van der Waals surface area (Å²) in [5.74, 6) is 1.07. The first-order chi connectivity index (χ1) is 20.0. The van der Waals surface area contributed by atoms with Crippen molar-refractivity contribution in [2.75, 3.05) is 23.3 Å². The third-order valence-electron chi connectivity index (χ3n) is 8.06. The van der Waals surface area contributed by atoms with Crippen molar-refractivity contribution in [3.8, 4) is 11.5 Å². The van der Waals surface area contributed by atoms with Crippen LogP contribution in [-0.4, -0.2) is 19.1 Å². The molecular formula is C35H35ClN2O3. The highest BCUT2D eigenvalue weighted by molar-refractivity contribution is 6.31. The van der Waals surface area contributed by atoms with E-state index in [2.05, 4.69) is 42.3 Å². The van der Waals surface area contributed by atoms with Gasteiger partial charge in [0.15, 0.2) is 5.60 Å². The van der Waals surface area contributed by atoms with E-state index < -0.39 is 5.60 Å². The predicted molar refractivity (Wildman–Crippen MR) is 166 cm³/mol. The normalized spacial score (nSPS) is 16.4. The zero-order valence-electron chi connectivity index (χ0n) is 23.6. The molecule has 0 aliphatic carbocycles. The van der Waals surface area contributed by atoms with Crippen molar-refractivity contribution in [3.05, 3.63) is 118 Å². The lowest BCUT2D eigenvalue weighted by atomic mass is 9.77. The SMILES string of the molecule is CCCCN(CCCC)c1ccc2c(c1)Oc1ccc(NCc3ccccc3Cl)cc1C21OC(=O)c2ccccc21. The first-order valence-corrected chi connectivity index (χ1v) is 14.9. The molecule has 0 bridgehead atoms. The van der Waals surface area contributed by atoms with Crippen LogP contribution < -0.4 is 15.0 Å². The Labute approximate surface area is 247 Å². The Morgan fingerprint density at radius 2 is 1.56 bits per heavy atom. The Bertz CT molecular complexity index is 1580. The Hall–Kier alpha value is -3.96. The van der Waals surface area contributed by atoms with Gasteiger partial charge in [-0.15, -0.1) is 0 Å². The Morgan fingerprint density at radius 1 is 0.805 bits per heavy atom. The van der Waals surface area contributed by atoms with Crippen molar-refractivity contribution in [2.45, 2.75) is 51.7 Å². The summed E-state index contributed by atoms with van der Waals surface area (Å²) in [7, 11) is 0. The fourth-order valence-corrected chi connectivity index (χ4v) is 6.08. The number of rotatable bonds is 10. The van der Waals surface area contributed by atoms with Gasteiger partial charge in [-0.05, 0) is 60.9 Å². The van der Waals surface area contributed by atoms with Gasteiger partial charge in [0.25, 0.3) is 0 Å². The summed E-state index contributed by atoms with van der Waals surface area (Å²) in [5.41, 5.74) is 4.96. The average molecular weight is 567 g/mol. The monoisotopic (exact) mass is 566 g/mol. The van der Waals surface area contributed by atoms with Crippen LogP contribution in [0.25, 0.3) is 0 Å². The molecule has 0 aromatic heterocycles. The lowest BCUT2D eigenvalue weighted by molar-refractivity contribution is 0.0224. The van der Waals surface area contributed by atoms with Gasteiger partial charge >= 0.3 is 5.97 Å². The summed E-state index contributed by atoms with van der Waals surface area (Å²) < 4.78 is 13.0. The molecule has 2 aliphatic heterocycles. The average Bonchev–Trinajstić information content (AvgIpc) is 3.29. The number of halogens is 1. The molecule has 6 rings (SSSR count). The van der Waals surface area contributed by atoms with Crippen molar-refractivity contribution in [1.82, 2.24) is 0 Å². The van der Waals surface area contributed by atoms with Crippen LogP contribution in [-0.2, 0) is 16.9 Å². The van der Waals surface area contributed by atoms with E-state index in [9.17, 15) is 4.79 Å². The van der Waals surface area contributed by atoms with E-state index >= 15 is 0 Å². The van der Waals surface area contributed by atoms with E-state index in [0.29, 0.717) is 28.6 Å². The maximum absolute atomic E-state index is 13.3. The molecule has 0 fully saturated rings. The maximum Gasteiger partial charge on any atom is 0.340 e. The van der Waals surface area contributed by atoms with Gasteiger partial charge in [0.2, 0.25) is 0 Å². The second-order valence-electron chi connectivity index (χ2n) is 10.7. The standard InChI is InChI=1S/C35H35ClN2O3/c1-3-5-19-38(20-6-4-2)26-16-17-29-33(22-26)40-32-18-15-25(37-23-24-11-7-10-14-31(24)36)21-30(32)35(29)28-13-9-8-12-27(28)34(39)41-35/h7-18,21-22,37H,3-6,19-20,23H2,1-2H3. The van der Waals surface area contributed by atoms with Crippen molar-refractivity contribution < 1.29 is 14.3 Å². The van der Waals surface area contributed by atoms with Gasteiger partial charge in [-0.1, -0.05) is 74.7 Å². The summed E-state index contributed by atoms with van der Waals surface area (Å²) in [5, 5.41) is 4.21. The van der Waals surface area contributed by atoms with Gasteiger partial charge in [-0.2, -0.15) is 0 Å². The second-order valence-corrected chi connectivity index (χ2v) is 11.2. The number of hydrogen-bond donors (Lipinski definition) is 1. The fraction of sp³-hybridized carbons (Fsp3) is 0.286. The minimum absolute atomic E-state index is 0.328. The molecule has 5 nitrogen and oxygen atoms in total. The summed E-state index contributed by atoms with van der Waals surface area (Å²) >= 11 is 6.40. The van der Waals surface area contributed by atoms with Gasteiger partial charge in [-0.3, -0.25) is 0 Å². The number of fused-ring (bicyclic) bond motifs is 6. The van der Waals surface area contributed by atoms with E-state index in [1.807, 2.05) is 66.7 Å². The minimum atomic E-state index is -1.10. The Balaban J connectivity index is 1.44. The van der Waals surface area contributed by atoms with Crippen LogP contribution in [0, 0.1) is 0 Å². The molecular weight excluding hydrogens is 532 g/mol. The van der Waals surface area contributed by atoms with Crippen LogP contribution in [0.15, 0.2) is 84.9 Å². The van der Waals surface area contributed by atoms with Crippen LogP contribution in [0.3, 0.4) is 0 Å². The number of nitrogens with one attached hydrogen (secondary N) is 1. The number of esters is 1. The predicted octanol–water partition coefficient (Wildman–Crippen LogP) is 8.93. The van der Waals surface area contributed by atoms with Crippen LogP contribution >= 0.6 is 11.6 Å². The molecule has 41 heavy (non-hydrogen) atoms. The van der Waals surface area contributed by atoms with Crippen molar-refractivity contribution in [1.29, 1.82) is 0 Å². The summed E-state index contributed by atoms with van der Waals surface area (Å²) in [6, 6.07) is 27.8. The van der Waals surface area contributed by atoms with Gasteiger partial charge in [0, 0.05) is 58.8 Å². The number of benzene rings is 4. The maximum atomic E-state index is 13.3. The lowest BCUT2D eigenvalue weighted by Gasteiger charge is -2.37. The van der Waals surface area contributed by atoms with Crippen LogP contribution in [0.1, 0.15) is 72.1 Å². The molecule has 210 valence electrons. The highest BCUT2D eigenvalue weighted by Crippen LogP contribution is 2.57. The highest BCUT2D eigenvalue weighted by Gasteiger charge is 2.53. The van der Waals surface area contributed by atoms with E-state index in [0.717, 1.165) is 72.4 Å². The molecule has 6 heteroatoms. The molecule has 2 aliphatic rings. The third kappa shape index (κ3) is 4.93. The number of unbranched alkanes of at least 4 members (excludes halogenated alkanes) is 2. The van der Waals surface area contributed by atoms with Gasteiger partial charge in [-0.25, -0.2) is 4.79 Å². The lowest BCUT2D eigenvalue weighted by Crippen LogP contribution is -2.33. The second kappa shape index (κ2) is 11.5. The molecule has 4 aromatic carbocycles. The zero-order chi connectivity index (χ0) is 28.4. The fourth-order valence-electron chi connectivity index (χ4n) is 5.87. The van der Waals surface area contributed by atoms with Crippen molar-refractivity contribution >= 4 is 28.9 Å². The highest BCUT2D eigenvalue weighted by atomic mass is 35.5. The Kier molecular flexibility index (Phi) is 7.63. The van der Waals surface area contributed by atoms with Gasteiger partial charge in [0.05, 0.1) is 5.56 Å². The third-order valence-corrected chi connectivity index (χ3v) is 8.43. The molecule has 1 unspecified atom stereocenters. The molecule has 1 spiro atoms. The molecule has 0 amide bonds. The van der Waals surface area contributed by atoms with Gasteiger partial charge in [0.1, 0.15) is 11.5 Å². The first-order valence-electron chi connectivity index (χ1n) is 14.6. The van der Waals surface area contributed by atoms with E-state index in [1.54, 1.807) is 0 Å². The molecule has 0 radical (unpaired) electrons. The van der Waals surface area contributed by atoms with Crippen LogP contribution in [0.4, 0.5) is 11.4 Å². The molecule has 1 atom stereocenters. The van der Waals surface area contributed by atoms with Crippen LogP contribution in [0.5, 0.6) is 11.5 Å².